The van der Waals surface area contributed by atoms with Gasteiger partial charge in [0.1, 0.15) is 11.6 Å². The van der Waals surface area contributed by atoms with Crippen molar-refractivity contribution < 1.29 is 18.7 Å². The van der Waals surface area contributed by atoms with Crippen molar-refractivity contribution in [3.63, 3.8) is 0 Å². The van der Waals surface area contributed by atoms with Crippen LogP contribution in [0.2, 0.25) is 0 Å². The van der Waals surface area contributed by atoms with E-state index in [9.17, 15) is 14.3 Å². The molecule has 2 aromatic rings. The summed E-state index contributed by atoms with van der Waals surface area (Å²) in [5, 5.41) is 17.8. The quantitative estimate of drug-likeness (QED) is 0.369. The third-order valence-corrected chi connectivity index (χ3v) is 5.59. The Bertz CT molecular complexity index is 891. The van der Waals surface area contributed by atoms with Gasteiger partial charge in [0.2, 0.25) is 0 Å². The summed E-state index contributed by atoms with van der Waals surface area (Å²) in [5.74, 6) is 0.123. The molecule has 7 heteroatoms. The van der Waals surface area contributed by atoms with Crippen LogP contribution in [-0.4, -0.2) is 11.0 Å². The van der Waals surface area contributed by atoms with E-state index >= 15 is 0 Å². The van der Waals surface area contributed by atoms with E-state index in [0.717, 1.165) is 18.4 Å². The van der Waals surface area contributed by atoms with Crippen molar-refractivity contribution in [1.29, 1.82) is 0 Å². The van der Waals surface area contributed by atoms with E-state index < -0.39 is 11.5 Å². The first-order chi connectivity index (χ1) is 14.1. The van der Waals surface area contributed by atoms with Crippen molar-refractivity contribution in [2.45, 2.75) is 77.7 Å². The zero-order chi connectivity index (χ0) is 22.6. The van der Waals surface area contributed by atoms with E-state index in [2.05, 4.69) is 23.3 Å². The summed E-state index contributed by atoms with van der Waals surface area (Å²) in [6.45, 7) is 9.60. The molecule has 0 radical (unpaired) electrons. The molecule has 1 atom stereocenters. The second-order valence-corrected chi connectivity index (χ2v) is 8.62. The van der Waals surface area contributed by atoms with Crippen LogP contribution in [0.3, 0.4) is 0 Å². The number of hydrogen-bond donors (Lipinski definition) is 4. The standard InChI is InChI=1S/C23H30FNO3.H3NS/c1-13(2)15-9-10-17(24)20(14(3)4)21(15)25-22(26)19-12-16-18(28-19)8-6-7-11-23(16,5)27;1-2/h9-10,12-14,27H,6-8,11H2,1-5H3,(H,25,26);2H,1H2. The Kier molecular flexibility index (Phi) is 8.13. The summed E-state index contributed by atoms with van der Waals surface area (Å²) in [7, 11) is 0. The van der Waals surface area contributed by atoms with Gasteiger partial charge in [-0.3, -0.25) is 9.93 Å². The second-order valence-electron chi connectivity index (χ2n) is 8.62. The molecule has 1 aromatic heterocycles. The zero-order valence-electron chi connectivity index (χ0n) is 18.4. The minimum atomic E-state index is -1.00. The van der Waals surface area contributed by atoms with E-state index in [1.54, 1.807) is 19.1 Å². The summed E-state index contributed by atoms with van der Waals surface area (Å²) < 4.78 is 20.3. The SMILES string of the molecule is CC(C)c1ccc(F)c(C(C)C)c1NC(=O)c1cc2c(o1)CCCCC2(C)O.NS. The van der Waals surface area contributed by atoms with Crippen LogP contribution in [0.25, 0.3) is 0 Å². The summed E-state index contributed by atoms with van der Waals surface area (Å²) in [5.41, 5.74) is 1.59. The molecule has 0 fully saturated rings. The first kappa shape index (κ1) is 24.4. The lowest BCUT2D eigenvalue weighted by molar-refractivity contribution is 0.0468. The van der Waals surface area contributed by atoms with Crippen LogP contribution >= 0.6 is 12.8 Å². The van der Waals surface area contributed by atoms with Crippen molar-refractivity contribution >= 4 is 24.4 Å². The van der Waals surface area contributed by atoms with Gasteiger partial charge in [0.25, 0.3) is 5.91 Å². The van der Waals surface area contributed by atoms with Crippen LogP contribution in [0.5, 0.6) is 0 Å². The minimum absolute atomic E-state index is 0.0805. The van der Waals surface area contributed by atoms with Crippen molar-refractivity contribution in [1.82, 2.24) is 0 Å². The lowest BCUT2D eigenvalue weighted by Gasteiger charge is -2.21. The molecule has 0 bridgehead atoms. The average Bonchev–Trinajstić information content (AvgIpc) is 3.06. The molecule has 1 amide bonds. The number of aliphatic hydroxyl groups is 1. The average molecular weight is 437 g/mol. The predicted octanol–water partition coefficient (Wildman–Crippen LogP) is 5.64. The predicted molar refractivity (Wildman–Crippen MR) is 122 cm³/mol. The number of fused-ring (bicyclic) bond motifs is 1. The Balaban J connectivity index is 0.00000155. The van der Waals surface area contributed by atoms with Gasteiger partial charge >= 0.3 is 0 Å². The van der Waals surface area contributed by atoms with Crippen molar-refractivity contribution in [3.8, 4) is 0 Å². The molecule has 4 N–H and O–H groups in total. The monoisotopic (exact) mass is 436 g/mol. The summed E-state index contributed by atoms with van der Waals surface area (Å²) in [6.07, 6.45) is 3.17. The molecule has 30 heavy (non-hydrogen) atoms. The highest BCUT2D eigenvalue weighted by Crippen LogP contribution is 2.37. The third kappa shape index (κ3) is 5.07. The van der Waals surface area contributed by atoms with Gasteiger partial charge < -0.3 is 14.8 Å². The zero-order valence-corrected chi connectivity index (χ0v) is 19.3. The van der Waals surface area contributed by atoms with Gasteiger partial charge in [0.05, 0.1) is 11.3 Å². The number of anilines is 1. The largest absolute Gasteiger partial charge is 0.456 e. The molecule has 166 valence electrons. The van der Waals surface area contributed by atoms with Gasteiger partial charge in [-0.1, -0.05) is 33.8 Å². The first-order valence-electron chi connectivity index (χ1n) is 10.4. The van der Waals surface area contributed by atoms with Crippen LogP contribution in [0.4, 0.5) is 10.1 Å². The van der Waals surface area contributed by atoms with E-state index in [0.29, 0.717) is 35.4 Å². The fourth-order valence-corrected chi connectivity index (χ4v) is 4.04. The van der Waals surface area contributed by atoms with Gasteiger partial charge in [-0.2, -0.15) is 0 Å². The lowest BCUT2D eigenvalue weighted by atomic mass is 9.92. The summed E-state index contributed by atoms with van der Waals surface area (Å²) >= 11 is 3.03. The maximum atomic E-state index is 14.5. The van der Waals surface area contributed by atoms with Gasteiger partial charge in [-0.05, 0) is 55.7 Å². The Morgan fingerprint density at radius 3 is 2.50 bits per heavy atom. The molecule has 5 nitrogen and oxygen atoms in total. The Morgan fingerprint density at radius 2 is 1.90 bits per heavy atom. The number of thiol groups is 1. The normalized spacial score (nSPS) is 18.5. The molecular weight excluding hydrogens is 403 g/mol. The number of furan rings is 1. The number of carbonyl (C=O) groups excluding carboxylic acids is 1. The topological polar surface area (TPSA) is 88.5 Å². The van der Waals surface area contributed by atoms with Gasteiger partial charge in [-0.25, -0.2) is 4.39 Å². The van der Waals surface area contributed by atoms with Crippen molar-refractivity contribution in [2.24, 2.45) is 5.14 Å². The molecule has 1 aromatic carbocycles. The van der Waals surface area contributed by atoms with Crippen LogP contribution < -0.4 is 10.5 Å². The molecule has 1 unspecified atom stereocenters. The maximum Gasteiger partial charge on any atom is 0.291 e. The highest BCUT2D eigenvalue weighted by atomic mass is 32.1. The Hall–Kier alpha value is -1.83. The summed E-state index contributed by atoms with van der Waals surface area (Å²) in [6, 6.07) is 4.83. The van der Waals surface area contributed by atoms with Crippen LogP contribution in [0, 0.1) is 5.82 Å². The molecule has 1 aliphatic rings. The van der Waals surface area contributed by atoms with Crippen LogP contribution in [0.1, 0.15) is 98.7 Å². The number of halogens is 1. The van der Waals surface area contributed by atoms with E-state index in [1.807, 2.05) is 27.7 Å². The molecule has 1 aliphatic carbocycles. The molecule has 0 saturated heterocycles. The Labute approximate surface area is 183 Å². The lowest BCUT2D eigenvalue weighted by Crippen LogP contribution is -2.20. The Morgan fingerprint density at radius 1 is 1.23 bits per heavy atom. The number of hydrogen-bond acceptors (Lipinski definition) is 5. The number of aryl methyl sites for hydroxylation is 1. The molecule has 0 spiro atoms. The number of rotatable bonds is 4. The maximum absolute atomic E-state index is 14.5. The summed E-state index contributed by atoms with van der Waals surface area (Å²) in [4.78, 5) is 13.0. The van der Waals surface area contributed by atoms with Gasteiger partial charge in [0.15, 0.2) is 5.76 Å². The highest BCUT2D eigenvalue weighted by molar-refractivity contribution is 7.77. The fraction of sp³-hybridized carbons (Fsp3) is 0.522. The number of amides is 1. The fourth-order valence-electron chi connectivity index (χ4n) is 4.04. The number of benzene rings is 1. The van der Waals surface area contributed by atoms with E-state index in [1.165, 1.54) is 6.07 Å². The van der Waals surface area contributed by atoms with Crippen molar-refractivity contribution in [2.75, 3.05) is 5.32 Å². The second kappa shape index (κ2) is 9.98. The van der Waals surface area contributed by atoms with E-state index in [4.69, 9.17) is 4.42 Å². The smallest absolute Gasteiger partial charge is 0.291 e. The highest BCUT2D eigenvalue weighted by Gasteiger charge is 2.32. The number of nitrogens with one attached hydrogen (secondary N) is 1. The third-order valence-electron chi connectivity index (χ3n) is 5.59. The van der Waals surface area contributed by atoms with Crippen molar-refractivity contribution in [3.05, 3.63) is 52.2 Å². The number of nitrogens with two attached hydrogens (primary N) is 1. The van der Waals surface area contributed by atoms with Gasteiger partial charge in [0, 0.05) is 17.5 Å². The number of carbonyl (C=O) groups is 1. The molecule has 3 rings (SSSR count). The van der Waals surface area contributed by atoms with Crippen LogP contribution in [-0.2, 0) is 12.0 Å². The molecule has 0 saturated carbocycles. The van der Waals surface area contributed by atoms with E-state index in [-0.39, 0.29) is 23.4 Å². The molecule has 1 heterocycles. The molecular formula is C23H33FN2O3S. The molecule has 0 aliphatic heterocycles. The van der Waals surface area contributed by atoms with Gasteiger partial charge in [-0.15, -0.1) is 12.8 Å². The van der Waals surface area contributed by atoms with Crippen LogP contribution in [0.15, 0.2) is 22.6 Å². The minimum Gasteiger partial charge on any atom is -0.456 e. The first-order valence-corrected chi connectivity index (χ1v) is 10.9.